The Labute approximate surface area is 185 Å². The topological polar surface area (TPSA) is 55.6 Å². The molecule has 6 heteroatoms. The maximum Gasteiger partial charge on any atom is 0.281 e. The number of hydrogen-bond acceptors (Lipinski definition) is 4. The fraction of sp³-hybridized carbons (Fsp3) is 0.120. The number of ether oxygens (including phenoxy) is 1. The molecule has 4 aromatic rings. The number of amides is 1. The van der Waals surface area contributed by atoms with E-state index in [1.807, 2.05) is 72.8 Å². The molecule has 0 bridgehead atoms. The minimum absolute atomic E-state index is 0.119. The number of carbonyl (C=O) groups is 1. The van der Waals surface area contributed by atoms with Crippen LogP contribution in [0, 0.1) is 6.92 Å². The van der Waals surface area contributed by atoms with Crippen LogP contribution in [0.3, 0.4) is 0 Å². The summed E-state index contributed by atoms with van der Waals surface area (Å²) in [5.74, 6) is 0.806. The molecule has 0 fully saturated rings. The first kappa shape index (κ1) is 20.7. The van der Waals surface area contributed by atoms with Gasteiger partial charge in [0.15, 0.2) is 5.69 Å². The van der Waals surface area contributed by atoms with Crippen molar-refractivity contribution in [1.82, 2.24) is 5.16 Å². The number of nitrogens with zero attached hydrogens (tertiary/aromatic N) is 2. The number of anilines is 1. The van der Waals surface area contributed by atoms with Crippen molar-refractivity contribution >= 4 is 23.2 Å². The van der Waals surface area contributed by atoms with Gasteiger partial charge in [0.05, 0.1) is 17.1 Å². The third-order valence-corrected chi connectivity index (χ3v) is 5.20. The SMILES string of the molecule is Cc1onc(C(=O)N(Cc2ccccc2)c2ccccc2)c1COc1ccccc1Cl. The lowest BCUT2D eigenvalue weighted by Crippen LogP contribution is -2.31. The number of benzene rings is 3. The quantitative estimate of drug-likeness (QED) is 0.356. The molecule has 1 aromatic heterocycles. The van der Waals surface area contributed by atoms with E-state index in [-0.39, 0.29) is 18.2 Å². The molecule has 0 saturated carbocycles. The molecule has 31 heavy (non-hydrogen) atoms. The van der Waals surface area contributed by atoms with Gasteiger partial charge in [0.25, 0.3) is 5.91 Å². The van der Waals surface area contributed by atoms with E-state index in [0.29, 0.717) is 28.6 Å². The average Bonchev–Trinajstić information content (AvgIpc) is 3.18. The van der Waals surface area contributed by atoms with Crippen molar-refractivity contribution in [3.8, 4) is 5.75 Å². The Morgan fingerprint density at radius 1 is 0.968 bits per heavy atom. The number of halogens is 1. The summed E-state index contributed by atoms with van der Waals surface area (Å²) in [5.41, 5.74) is 2.60. The van der Waals surface area contributed by atoms with Crippen molar-refractivity contribution in [2.45, 2.75) is 20.1 Å². The summed E-state index contributed by atoms with van der Waals surface area (Å²) in [7, 11) is 0. The second kappa shape index (κ2) is 9.49. The molecule has 1 amide bonds. The molecule has 0 aliphatic heterocycles. The van der Waals surface area contributed by atoms with Crippen molar-refractivity contribution in [2.75, 3.05) is 4.90 Å². The first-order valence-electron chi connectivity index (χ1n) is 9.87. The van der Waals surface area contributed by atoms with E-state index in [0.717, 1.165) is 11.3 Å². The summed E-state index contributed by atoms with van der Waals surface area (Å²) in [6, 6.07) is 26.5. The van der Waals surface area contributed by atoms with Gasteiger partial charge < -0.3 is 14.2 Å². The highest BCUT2D eigenvalue weighted by Crippen LogP contribution is 2.27. The molecule has 0 N–H and O–H groups in total. The molecule has 156 valence electrons. The van der Waals surface area contributed by atoms with Crippen LogP contribution < -0.4 is 9.64 Å². The van der Waals surface area contributed by atoms with Crippen molar-refractivity contribution in [1.29, 1.82) is 0 Å². The lowest BCUT2D eigenvalue weighted by molar-refractivity contribution is 0.0974. The summed E-state index contributed by atoms with van der Waals surface area (Å²) < 4.78 is 11.2. The molecule has 0 radical (unpaired) electrons. The highest BCUT2D eigenvalue weighted by molar-refractivity contribution is 6.32. The van der Waals surface area contributed by atoms with E-state index in [1.54, 1.807) is 24.0 Å². The maximum atomic E-state index is 13.6. The fourth-order valence-corrected chi connectivity index (χ4v) is 3.41. The zero-order valence-electron chi connectivity index (χ0n) is 17.0. The van der Waals surface area contributed by atoms with Gasteiger partial charge in [-0.3, -0.25) is 4.79 Å². The standard InChI is InChI=1S/C25H21ClN2O3/c1-18-21(17-30-23-15-9-8-14-22(23)26)24(27-31-18)25(29)28(20-12-6-3-7-13-20)16-19-10-4-2-5-11-19/h2-15H,16-17H2,1H3. The Morgan fingerprint density at radius 2 is 1.61 bits per heavy atom. The van der Waals surface area contributed by atoms with Gasteiger partial charge in [0.1, 0.15) is 18.1 Å². The number of hydrogen-bond donors (Lipinski definition) is 0. The van der Waals surface area contributed by atoms with Crippen LogP contribution in [0.25, 0.3) is 0 Å². The third kappa shape index (κ3) is 4.78. The Morgan fingerprint density at radius 3 is 2.32 bits per heavy atom. The number of aromatic nitrogens is 1. The second-order valence-corrected chi connectivity index (χ2v) is 7.40. The van der Waals surface area contributed by atoms with Crippen LogP contribution in [0.15, 0.2) is 89.5 Å². The predicted molar refractivity (Wildman–Crippen MR) is 120 cm³/mol. The molecular formula is C25H21ClN2O3. The molecule has 0 atom stereocenters. The van der Waals surface area contributed by atoms with Crippen molar-refractivity contribution in [3.63, 3.8) is 0 Å². The summed E-state index contributed by atoms with van der Waals surface area (Å²) in [6.45, 7) is 2.29. The smallest absolute Gasteiger partial charge is 0.281 e. The van der Waals surface area contributed by atoms with Crippen molar-refractivity contribution in [2.24, 2.45) is 0 Å². The molecule has 4 rings (SSSR count). The van der Waals surface area contributed by atoms with E-state index in [2.05, 4.69) is 5.16 Å². The van der Waals surface area contributed by atoms with Crippen LogP contribution in [0.5, 0.6) is 5.75 Å². The Hall–Kier alpha value is -3.57. The number of aryl methyl sites for hydroxylation is 1. The van der Waals surface area contributed by atoms with E-state index in [4.69, 9.17) is 20.9 Å². The van der Waals surface area contributed by atoms with Gasteiger partial charge in [0, 0.05) is 5.69 Å². The molecule has 3 aromatic carbocycles. The number of carbonyl (C=O) groups excluding carboxylic acids is 1. The lowest BCUT2D eigenvalue weighted by atomic mass is 10.1. The third-order valence-electron chi connectivity index (χ3n) is 4.89. The zero-order valence-corrected chi connectivity index (χ0v) is 17.8. The largest absolute Gasteiger partial charge is 0.487 e. The number of rotatable bonds is 7. The van der Waals surface area contributed by atoms with Crippen LogP contribution in [-0.2, 0) is 13.2 Å². The first-order valence-corrected chi connectivity index (χ1v) is 10.2. The van der Waals surface area contributed by atoms with Crippen LogP contribution in [-0.4, -0.2) is 11.1 Å². The molecule has 0 unspecified atom stereocenters. The first-order chi connectivity index (χ1) is 15.1. The van der Waals surface area contributed by atoms with Crippen LogP contribution in [0.2, 0.25) is 5.02 Å². The van der Waals surface area contributed by atoms with Crippen molar-refractivity contribution in [3.05, 3.63) is 113 Å². The molecule has 5 nitrogen and oxygen atoms in total. The van der Waals surface area contributed by atoms with Gasteiger partial charge >= 0.3 is 0 Å². The van der Waals surface area contributed by atoms with Crippen LogP contribution in [0.1, 0.15) is 27.4 Å². The van der Waals surface area contributed by atoms with Gasteiger partial charge in [-0.1, -0.05) is 77.4 Å². The van der Waals surface area contributed by atoms with E-state index >= 15 is 0 Å². The summed E-state index contributed by atoms with van der Waals surface area (Å²) in [5, 5.41) is 4.56. The Balaban J connectivity index is 1.63. The van der Waals surface area contributed by atoms with Gasteiger partial charge in [0.2, 0.25) is 0 Å². The molecule has 0 spiro atoms. The molecular weight excluding hydrogens is 412 g/mol. The van der Waals surface area contributed by atoms with Gasteiger partial charge in [-0.2, -0.15) is 0 Å². The van der Waals surface area contributed by atoms with Crippen LogP contribution in [0.4, 0.5) is 5.69 Å². The maximum absolute atomic E-state index is 13.6. The summed E-state index contributed by atoms with van der Waals surface area (Å²) in [4.78, 5) is 15.3. The molecule has 1 heterocycles. The zero-order chi connectivity index (χ0) is 21.6. The predicted octanol–water partition coefficient (Wildman–Crippen LogP) is 6.06. The monoisotopic (exact) mass is 432 g/mol. The number of para-hydroxylation sites is 2. The fourth-order valence-electron chi connectivity index (χ4n) is 3.22. The molecule has 0 aliphatic carbocycles. The highest BCUT2D eigenvalue weighted by Gasteiger charge is 2.26. The van der Waals surface area contributed by atoms with Crippen molar-refractivity contribution < 1.29 is 14.1 Å². The van der Waals surface area contributed by atoms with Crippen LogP contribution >= 0.6 is 11.6 Å². The van der Waals surface area contributed by atoms with Gasteiger partial charge in [-0.05, 0) is 36.8 Å². The molecule has 0 aliphatic rings. The second-order valence-electron chi connectivity index (χ2n) is 7.00. The van der Waals surface area contributed by atoms with Gasteiger partial charge in [-0.15, -0.1) is 0 Å². The van der Waals surface area contributed by atoms with E-state index < -0.39 is 0 Å². The summed E-state index contributed by atoms with van der Waals surface area (Å²) >= 11 is 6.19. The highest BCUT2D eigenvalue weighted by atomic mass is 35.5. The Bertz CT molecular complexity index is 1160. The van der Waals surface area contributed by atoms with E-state index in [1.165, 1.54) is 0 Å². The molecule has 0 saturated heterocycles. The van der Waals surface area contributed by atoms with Gasteiger partial charge in [-0.25, -0.2) is 0 Å². The minimum Gasteiger partial charge on any atom is -0.487 e. The Kier molecular flexibility index (Phi) is 6.34. The summed E-state index contributed by atoms with van der Waals surface area (Å²) in [6.07, 6.45) is 0. The lowest BCUT2D eigenvalue weighted by Gasteiger charge is -2.22. The minimum atomic E-state index is -0.260. The average molecular weight is 433 g/mol. The normalized spacial score (nSPS) is 10.6. The van der Waals surface area contributed by atoms with E-state index in [9.17, 15) is 4.79 Å².